The second-order valence-corrected chi connectivity index (χ2v) is 5.77. The van der Waals surface area contributed by atoms with Crippen molar-refractivity contribution in [2.45, 2.75) is 37.6 Å². The summed E-state index contributed by atoms with van der Waals surface area (Å²) >= 11 is 0. The van der Waals surface area contributed by atoms with E-state index in [4.69, 9.17) is 0 Å². The van der Waals surface area contributed by atoms with E-state index in [-0.39, 0.29) is 5.54 Å². The summed E-state index contributed by atoms with van der Waals surface area (Å²) in [5.74, 6) is 0.847. The second kappa shape index (κ2) is 5.32. The zero-order valence-corrected chi connectivity index (χ0v) is 12.1. The molecule has 0 radical (unpaired) electrons. The van der Waals surface area contributed by atoms with Crippen LogP contribution in [0.1, 0.15) is 32.1 Å². The summed E-state index contributed by atoms with van der Waals surface area (Å²) in [5, 5.41) is 15.1. The zero-order valence-electron chi connectivity index (χ0n) is 12.1. The van der Waals surface area contributed by atoms with Crippen LogP contribution in [0.5, 0.6) is 0 Å². The first kappa shape index (κ1) is 13.2. The molecule has 2 aromatic rings. The molecule has 7 nitrogen and oxygen atoms in total. The standard InChI is InChI=1S/C13H21N7/c1-19(2)13(6-4-3-5-7-13)10-15-11-8-14-9-12-16-17-18-20(11)12/h8-9,15H,3-7,10H2,1-2H3. The van der Waals surface area contributed by atoms with E-state index in [0.29, 0.717) is 5.65 Å². The molecule has 0 aromatic carbocycles. The van der Waals surface area contributed by atoms with Crippen LogP contribution in [-0.4, -0.2) is 56.1 Å². The summed E-state index contributed by atoms with van der Waals surface area (Å²) in [6.07, 6.45) is 9.83. The Morgan fingerprint density at radius 2 is 2.05 bits per heavy atom. The van der Waals surface area contributed by atoms with Crippen LogP contribution in [0.25, 0.3) is 5.65 Å². The van der Waals surface area contributed by atoms with E-state index in [1.165, 1.54) is 32.1 Å². The van der Waals surface area contributed by atoms with Crippen LogP contribution in [0, 0.1) is 0 Å². The third-order valence-corrected chi connectivity index (χ3v) is 4.44. The minimum atomic E-state index is 0.217. The molecule has 0 unspecified atom stereocenters. The van der Waals surface area contributed by atoms with E-state index in [2.05, 4.69) is 44.8 Å². The SMILES string of the molecule is CN(C)C1(CNc2cncc3nnnn23)CCCCC1. The maximum atomic E-state index is 4.18. The largest absolute Gasteiger partial charge is 0.367 e. The van der Waals surface area contributed by atoms with Gasteiger partial charge in [0.1, 0.15) is 5.82 Å². The molecule has 0 saturated heterocycles. The topological polar surface area (TPSA) is 71.2 Å². The number of aromatic nitrogens is 5. The fourth-order valence-corrected chi connectivity index (χ4v) is 3.04. The van der Waals surface area contributed by atoms with Crippen LogP contribution in [0.3, 0.4) is 0 Å². The molecular formula is C13H21N7. The van der Waals surface area contributed by atoms with Gasteiger partial charge in [-0.25, -0.2) is 0 Å². The van der Waals surface area contributed by atoms with Gasteiger partial charge < -0.3 is 10.2 Å². The predicted octanol–water partition coefficient (Wildman–Crippen LogP) is 1.20. The van der Waals surface area contributed by atoms with Gasteiger partial charge in [-0.2, -0.15) is 4.52 Å². The van der Waals surface area contributed by atoms with Crippen LogP contribution in [0.2, 0.25) is 0 Å². The van der Waals surface area contributed by atoms with Gasteiger partial charge in [0.2, 0.25) is 0 Å². The summed E-state index contributed by atoms with van der Waals surface area (Å²) < 4.78 is 1.69. The summed E-state index contributed by atoms with van der Waals surface area (Å²) in [6.45, 7) is 0.890. The van der Waals surface area contributed by atoms with Gasteiger partial charge >= 0.3 is 0 Å². The lowest BCUT2D eigenvalue weighted by atomic mass is 9.80. The van der Waals surface area contributed by atoms with Crippen molar-refractivity contribution in [3.8, 4) is 0 Å². The molecule has 2 aromatic heterocycles. The number of tetrazole rings is 1. The summed E-state index contributed by atoms with van der Waals surface area (Å²) in [4.78, 5) is 6.53. The van der Waals surface area contributed by atoms with E-state index < -0.39 is 0 Å². The summed E-state index contributed by atoms with van der Waals surface area (Å²) in [5.41, 5.74) is 0.881. The monoisotopic (exact) mass is 275 g/mol. The van der Waals surface area contributed by atoms with Gasteiger partial charge in [-0.1, -0.05) is 19.3 Å². The van der Waals surface area contributed by atoms with Crippen molar-refractivity contribution >= 4 is 11.5 Å². The van der Waals surface area contributed by atoms with Gasteiger partial charge in [-0.05, 0) is 37.4 Å². The Bertz CT molecular complexity index is 571. The number of anilines is 1. The molecule has 1 saturated carbocycles. The third-order valence-electron chi connectivity index (χ3n) is 4.44. The van der Waals surface area contributed by atoms with Crippen molar-refractivity contribution in [1.82, 2.24) is 29.9 Å². The molecule has 108 valence electrons. The number of rotatable bonds is 4. The Labute approximate surface area is 118 Å². The van der Waals surface area contributed by atoms with Gasteiger partial charge in [-0.15, -0.1) is 5.10 Å². The highest BCUT2D eigenvalue weighted by molar-refractivity contribution is 5.43. The maximum absolute atomic E-state index is 4.18. The third kappa shape index (κ3) is 2.33. The van der Waals surface area contributed by atoms with E-state index >= 15 is 0 Å². The molecule has 7 heteroatoms. The van der Waals surface area contributed by atoms with Crippen molar-refractivity contribution in [3.05, 3.63) is 12.4 Å². The smallest absolute Gasteiger partial charge is 0.199 e. The summed E-state index contributed by atoms with van der Waals surface area (Å²) in [7, 11) is 4.34. The Kier molecular flexibility index (Phi) is 3.52. The fourth-order valence-electron chi connectivity index (χ4n) is 3.04. The van der Waals surface area contributed by atoms with Gasteiger partial charge in [0.25, 0.3) is 0 Å². The Morgan fingerprint density at radius 1 is 1.25 bits per heavy atom. The number of nitrogens with one attached hydrogen (secondary N) is 1. The van der Waals surface area contributed by atoms with Crippen molar-refractivity contribution in [2.75, 3.05) is 26.0 Å². The van der Waals surface area contributed by atoms with Gasteiger partial charge in [-0.3, -0.25) is 4.98 Å². The molecule has 2 heterocycles. The van der Waals surface area contributed by atoms with E-state index in [1.807, 2.05) is 0 Å². The highest BCUT2D eigenvalue weighted by Gasteiger charge is 2.34. The first-order chi connectivity index (χ1) is 9.71. The highest BCUT2D eigenvalue weighted by atomic mass is 15.5. The van der Waals surface area contributed by atoms with Crippen molar-refractivity contribution < 1.29 is 0 Å². The van der Waals surface area contributed by atoms with Crippen LogP contribution in [0.15, 0.2) is 12.4 Å². The van der Waals surface area contributed by atoms with Gasteiger partial charge in [0.05, 0.1) is 12.4 Å². The molecule has 1 aliphatic rings. The van der Waals surface area contributed by atoms with E-state index in [1.54, 1.807) is 16.9 Å². The van der Waals surface area contributed by atoms with Crippen molar-refractivity contribution in [2.24, 2.45) is 0 Å². The molecule has 0 bridgehead atoms. The molecular weight excluding hydrogens is 254 g/mol. The maximum Gasteiger partial charge on any atom is 0.199 e. The Hall–Kier alpha value is -1.76. The lowest BCUT2D eigenvalue weighted by molar-refractivity contribution is 0.113. The van der Waals surface area contributed by atoms with Gasteiger partial charge in [0.15, 0.2) is 5.65 Å². The molecule has 1 N–H and O–H groups in total. The first-order valence-electron chi connectivity index (χ1n) is 7.15. The summed E-state index contributed by atoms with van der Waals surface area (Å²) in [6, 6.07) is 0. The van der Waals surface area contributed by atoms with Crippen molar-refractivity contribution in [1.29, 1.82) is 0 Å². The zero-order chi connectivity index (χ0) is 14.0. The quantitative estimate of drug-likeness (QED) is 0.904. The van der Waals surface area contributed by atoms with E-state index in [0.717, 1.165) is 12.4 Å². The average molecular weight is 275 g/mol. The molecule has 1 aliphatic carbocycles. The minimum Gasteiger partial charge on any atom is -0.367 e. The van der Waals surface area contributed by atoms with E-state index in [9.17, 15) is 0 Å². The number of hydrogen-bond donors (Lipinski definition) is 1. The predicted molar refractivity (Wildman–Crippen MR) is 76.6 cm³/mol. The molecule has 1 fully saturated rings. The molecule has 20 heavy (non-hydrogen) atoms. The number of hydrogen-bond acceptors (Lipinski definition) is 6. The lowest BCUT2D eigenvalue weighted by Gasteiger charge is -2.43. The first-order valence-corrected chi connectivity index (χ1v) is 7.15. The molecule has 0 aliphatic heterocycles. The molecule has 0 atom stereocenters. The average Bonchev–Trinajstić information content (AvgIpc) is 2.95. The molecule has 0 amide bonds. The van der Waals surface area contributed by atoms with Crippen LogP contribution in [-0.2, 0) is 0 Å². The number of likely N-dealkylation sites (N-methyl/N-ethyl adjacent to an activating group) is 1. The number of fused-ring (bicyclic) bond motifs is 1. The molecule has 0 spiro atoms. The van der Waals surface area contributed by atoms with Crippen molar-refractivity contribution in [3.63, 3.8) is 0 Å². The number of nitrogens with zero attached hydrogens (tertiary/aromatic N) is 6. The highest BCUT2D eigenvalue weighted by Crippen LogP contribution is 2.32. The van der Waals surface area contributed by atoms with Gasteiger partial charge in [0, 0.05) is 12.1 Å². The van der Waals surface area contributed by atoms with Crippen LogP contribution < -0.4 is 5.32 Å². The Morgan fingerprint density at radius 3 is 2.80 bits per heavy atom. The van der Waals surface area contributed by atoms with Crippen LogP contribution >= 0.6 is 0 Å². The second-order valence-electron chi connectivity index (χ2n) is 5.77. The fraction of sp³-hybridized carbons (Fsp3) is 0.692. The minimum absolute atomic E-state index is 0.217. The lowest BCUT2D eigenvalue weighted by Crippen LogP contribution is -2.51. The Balaban J connectivity index is 1.79. The molecule has 3 rings (SSSR count). The van der Waals surface area contributed by atoms with Crippen LogP contribution in [0.4, 0.5) is 5.82 Å². The normalized spacial score (nSPS) is 18.6.